The molecule has 130 valence electrons. The first-order valence-corrected chi connectivity index (χ1v) is 9.14. The van der Waals surface area contributed by atoms with Crippen LogP contribution in [0.1, 0.15) is 36.2 Å². The smallest absolute Gasteiger partial charge is 0.270 e. The van der Waals surface area contributed by atoms with Gasteiger partial charge in [0.25, 0.3) is 5.91 Å². The number of piperidine rings is 1. The van der Waals surface area contributed by atoms with Crippen LogP contribution in [-0.4, -0.2) is 67.3 Å². The SMILES string of the molecule is O=C(NC1CC1)c1cccc(N2CCC(N3CCOCC3)CC2)n1. The van der Waals surface area contributed by atoms with Crippen molar-refractivity contribution in [2.24, 2.45) is 0 Å². The number of ether oxygens (including phenoxy) is 1. The fraction of sp³-hybridized carbons (Fsp3) is 0.667. The summed E-state index contributed by atoms with van der Waals surface area (Å²) in [4.78, 5) is 21.6. The Morgan fingerprint density at radius 3 is 2.54 bits per heavy atom. The number of nitrogens with one attached hydrogen (secondary N) is 1. The minimum Gasteiger partial charge on any atom is -0.379 e. The lowest BCUT2D eigenvalue weighted by Gasteiger charge is -2.40. The predicted molar refractivity (Wildman–Crippen MR) is 92.4 cm³/mol. The number of aromatic nitrogens is 1. The molecule has 3 aliphatic rings. The van der Waals surface area contributed by atoms with Crippen LogP contribution in [0.2, 0.25) is 0 Å². The zero-order valence-electron chi connectivity index (χ0n) is 14.1. The molecule has 1 N–H and O–H groups in total. The number of hydrogen-bond donors (Lipinski definition) is 1. The Morgan fingerprint density at radius 2 is 1.83 bits per heavy atom. The number of rotatable bonds is 4. The third-order valence-electron chi connectivity index (χ3n) is 5.23. The number of pyridine rings is 1. The number of carbonyl (C=O) groups is 1. The van der Waals surface area contributed by atoms with Crippen molar-refractivity contribution in [3.8, 4) is 0 Å². The van der Waals surface area contributed by atoms with Gasteiger partial charge in [0.15, 0.2) is 0 Å². The monoisotopic (exact) mass is 330 g/mol. The van der Waals surface area contributed by atoms with Gasteiger partial charge in [-0.05, 0) is 37.8 Å². The van der Waals surface area contributed by atoms with Crippen molar-refractivity contribution in [3.63, 3.8) is 0 Å². The summed E-state index contributed by atoms with van der Waals surface area (Å²) < 4.78 is 5.45. The Hall–Kier alpha value is -1.66. The molecular formula is C18H26N4O2. The Balaban J connectivity index is 1.35. The van der Waals surface area contributed by atoms with Gasteiger partial charge in [0.1, 0.15) is 11.5 Å². The van der Waals surface area contributed by atoms with Gasteiger partial charge in [-0.2, -0.15) is 0 Å². The van der Waals surface area contributed by atoms with Gasteiger partial charge >= 0.3 is 0 Å². The van der Waals surface area contributed by atoms with E-state index in [1.54, 1.807) is 0 Å². The van der Waals surface area contributed by atoms with Gasteiger partial charge in [0.2, 0.25) is 0 Å². The molecule has 1 amide bonds. The Labute approximate surface area is 143 Å². The molecular weight excluding hydrogens is 304 g/mol. The van der Waals surface area contributed by atoms with Crippen molar-refractivity contribution in [2.45, 2.75) is 37.8 Å². The quantitative estimate of drug-likeness (QED) is 0.901. The molecule has 4 rings (SSSR count). The minimum absolute atomic E-state index is 0.0393. The summed E-state index contributed by atoms with van der Waals surface area (Å²) in [7, 11) is 0. The lowest BCUT2D eigenvalue weighted by molar-refractivity contribution is 0.0115. The highest BCUT2D eigenvalue weighted by Gasteiger charge is 2.27. The summed E-state index contributed by atoms with van der Waals surface area (Å²) in [6.45, 7) is 5.84. The molecule has 2 saturated heterocycles. The standard InChI is InChI=1S/C18H26N4O2/c23-18(19-14-4-5-14)16-2-1-3-17(20-16)22-8-6-15(7-9-22)21-10-12-24-13-11-21/h1-3,14-15H,4-13H2,(H,19,23). The van der Waals surface area contributed by atoms with E-state index in [1.165, 1.54) is 0 Å². The third kappa shape index (κ3) is 3.70. The van der Waals surface area contributed by atoms with Crippen LogP contribution in [0.3, 0.4) is 0 Å². The molecule has 2 aliphatic heterocycles. The molecule has 1 aliphatic carbocycles. The third-order valence-corrected chi connectivity index (χ3v) is 5.23. The van der Waals surface area contributed by atoms with Crippen molar-refractivity contribution < 1.29 is 9.53 Å². The van der Waals surface area contributed by atoms with Crippen molar-refractivity contribution in [2.75, 3.05) is 44.3 Å². The fourth-order valence-electron chi connectivity index (χ4n) is 3.62. The van der Waals surface area contributed by atoms with Crippen molar-refractivity contribution >= 4 is 11.7 Å². The summed E-state index contributed by atoms with van der Waals surface area (Å²) in [6, 6.07) is 6.79. The van der Waals surface area contributed by atoms with Crippen LogP contribution in [0.25, 0.3) is 0 Å². The summed E-state index contributed by atoms with van der Waals surface area (Å²) in [5.41, 5.74) is 0.537. The zero-order chi connectivity index (χ0) is 16.4. The first-order chi connectivity index (χ1) is 11.8. The second kappa shape index (κ2) is 7.07. The van der Waals surface area contributed by atoms with Crippen molar-refractivity contribution in [3.05, 3.63) is 23.9 Å². The number of nitrogens with zero attached hydrogens (tertiary/aromatic N) is 3. The van der Waals surface area contributed by atoms with Gasteiger partial charge in [-0.15, -0.1) is 0 Å². The number of morpholine rings is 1. The van der Waals surface area contributed by atoms with Crippen LogP contribution in [0.15, 0.2) is 18.2 Å². The Morgan fingerprint density at radius 1 is 1.08 bits per heavy atom. The van der Waals surface area contributed by atoms with Gasteiger partial charge in [0, 0.05) is 38.3 Å². The van der Waals surface area contributed by atoms with Crippen LogP contribution in [0.5, 0.6) is 0 Å². The fourth-order valence-corrected chi connectivity index (χ4v) is 3.62. The van der Waals surface area contributed by atoms with Crippen LogP contribution in [-0.2, 0) is 4.74 Å². The molecule has 1 aromatic rings. The lowest BCUT2D eigenvalue weighted by Crippen LogP contribution is -2.49. The van der Waals surface area contributed by atoms with Crippen LogP contribution >= 0.6 is 0 Å². The second-order valence-electron chi connectivity index (χ2n) is 7.00. The second-order valence-corrected chi connectivity index (χ2v) is 7.00. The molecule has 3 fully saturated rings. The van der Waals surface area contributed by atoms with E-state index in [9.17, 15) is 4.79 Å². The molecule has 1 aromatic heterocycles. The van der Waals surface area contributed by atoms with Crippen molar-refractivity contribution in [1.82, 2.24) is 15.2 Å². The first kappa shape index (κ1) is 15.8. The van der Waals surface area contributed by atoms with E-state index in [2.05, 4.69) is 20.1 Å². The lowest BCUT2D eigenvalue weighted by atomic mass is 10.0. The molecule has 0 atom stereocenters. The molecule has 6 heteroatoms. The largest absolute Gasteiger partial charge is 0.379 e. The molecule has 0 radical (unpaired) electrons. The minimum atomic E-state index is -0.0393. The van der Waals surface area contributed by atoms with Crippen LogP contribution in [0, 0.1) is 0 Å². The number of anilines is 1. The number of amides is 1. The topological polar surface area (TPSA) is 57.7 Å². The highest BCUT2D eigenvalue weighted by molar-refractivity contribution is 5.93. The average molecular weight is 330 g/mol. The molecule has 0 aromatic carbocycles. The molecule has 0 unspecified atom stereocenters. The maximum atomic E-state index is 12.2. The maximum Gasteiger partial charge on any atom is 0.270 e. The summed E-state index contributed by atoms with van der Waals surface area (Å²) in [5.74, 6) is 0.890. The molecule has 0 bridgehead atoms. The highest BCUT2D eigenvalue weighted by atomic mass is 16.5. The van der Waals surface area contributed by atoms with E-state index < -0.39 is 0 Å². The number of carbonyl (C=O) groups excluding carboxylic acids is 1. The normalized spacial score (nSPS) is 23.2. The first-order valence-electron chi connectivity index (χ1n) is 9.14. The van der Waals surface area contributed by atoms with Crippen LogP contribution in [0.4, 0.5) is 5.82 Å². The van der Waals surface area contributed by atoms with Gasteiger partial charge in [-0.3, -0.25) is 9.69 Å². The van der Waals surface area contributed by atoms with E-state index in [0.29, 0.717) is 17.8 Å². The van der Waals surface area contributed by atoms with Crippen LogP contribution < -0.4 is 10.2 Å². The Bertz CT molecular complexity index is 576. The van der Waals surface area contributed by atoms with E-state index in [1.807, 2.05) is 18.2 Å². The summed E-state index contributed by atoms with van der Waals surface area (Å²) in [5, 5.41) is 3.01. The van der Waals surface area contributed by atoms with E-state index in [0.717, 1.165) is 70.9 Å². The van der Waals surface area contributed by atoms with Gasteiger partial charge in [-0.25, -0.2) is 4.98 Å². The molecule has 3 heterocycles. The highest BCUT2D eigenvalue weighted by Crippen LogP contribution is 2.23. The molecule has 0 spiro atoms. The molecule has 24 heavy (non-hydrogen) atoms. The van der Waals surface area contributed by atoms with Gasteiger partial charge in [0.05, 0.1) is 13.2 Å². The van der Waals surface area contributed by atoms with Gasteiger partial charge in [-0.1, -0.05) is 6.07 Å². The van der Waals surface area contributed by atoms with Gasteiger partial charge < -0.3 is 15.0 Å². The molecule has 6 nitrogen and oxygen atoms in total. The number of hydrogen-bond acceptors (Lipinski definition) is 5. The zero-order valence-corrected chi connectivity index (χ0v) is 14.1. The van der Waals surface area contributed by atoms with E-state index in [-0.39, 0.29) is 5.91 Å². The maximum absolute atomic E-state index is 12.2. The van der Waals surface area contributed by atoms with E-state index >= 15 is 0 Å². The summed E-state index contributed by atoms with van der Waals surface area (Å²) in [6.07, 6.45) is 4.50. The van der Waals surface area contributed by atoms with E-state index in [4.69, 9.17) is 4.74 Å². The summed E-state index contributed by atoms with van der Waals surface area (Å²) >= 11 is 0. The van der Waals surface area contributed by atoms with Crippen molar-refractivity contribution in [1.29, 1.82) is 0 Å². The predicted octanol–water partition coefficient (Wildman–Crippen LogP) is 1.27. The molecule has 1 saturated carbocycles. The average Bonchev–Trinajstić information content (AvgIpc) is 3.47. The Kier molecular flexibility index (Phi) is 4.67.